The van der Waals surface area contributed by atoms with Gasteiger partial charge >= 0.3 is 6.09 Å². The molecule has 11 heteroatoms. The number of rotatable bonds is 7. The Bertz CT molecular complexity index is 1830. The lowest BCUT2D eigenvalue weighted by molar-refractivity contribution is 0.215. The van der Waals surface area contributed by atoms with E-state index < -0.39 is 33.5 Å². The predicted molar refractivity (Wildman–Crippen MR) is 150 cm³/mol. The van der Waals surface area contributed by atoms with Crippen LogP contribution in [0, 0.1) is 18.6 Å². The molecule has 5 rings (SSSR count). The first-order valence-electron chi connectivity index (χ1n) is 12.6. The summed E-state index contributed by atoms with van der Waals surface area (Å²) in [6, 6.07) is 17.7. The van der Waals surface area contributed by atoms with Crippen molar-refractivity contribution in [3.63, 3.8) is 0 Å². The van der Waals surface area contributed by atoms with E-state index in [2.05, 4.69) is 10.3 Å². The number of pyridine rings is 1. The SMILES string of the molecule is Cc1ccc(S(=O)(=O)n2cc(C(C)C)c3c(Oc4c(F)cc(NC(=O)Oc5ccccc5)cc4F)ccnc32)cc1. The highest BCUT2D eigenvalue weighted by Gasteiger charge is 2.26. The third-order valence-electron chi connectivity index (χ3n) is 6.26. The van der Waals surface area contributed by atoms with E-state index in [1.165, 1.54) is 30.6 Å². The van der Waals surface area contributed by atoms with E-state index in [0.29, 0.717) is 10.9 Å². The molecule has 0 aliphatic rings. The maximum absolute atomic E-state index is 15.1. The molecule has 0 atom stereocenters. The average Bonchev–Trinajstić information content (AvgIpc) is 3.33. The fourth-order valence-electron chi connectivity index (χ4n) is 4.23. The Morgan fingerprint density at radius 2 is 1.63 bits per heavy atom. The maximum atomic E-state index is 15.1. The number of para-hydroxylation sites is 1. The molecule has 0 spiro atoms. The molecule has 2 heterocycles. The molecule has 41 heavy (non-hydrogen) atoms. The standard InChI is InChI=1S/C30H25F2N3O5S/c1-18(2)23-17-35(41(37,38)22-11-9-19(3)10-12-22)29-27(23)26(13-14-33-29)40-28-24(31)15-20(16-25(28)32)34-30(36)39-21-7-5-4-6-8-21/h4-18H,1-3H3,(H,34,36). The van der Waals surface area contributed by atoms with Crippen LogP contribution >= 0.6 is 0 Å². The third kappa shape index (κ3) is 5.62. The average molecular weight is 578 g/mol. The van der Waals surface area contributed by atoms with Gasteiger partial charge in [0.2, 0.25) is 0 Å². The zero-order chi connectivity index (χ0) is 29.3. The van der Waals surface area contributed by atoms with Gasteiger partial charge < -0.3 is 9.47 Å². The zero-order valence-corrected chi connectivity index (χ0v) is 23.1. The fraction of sp³-hybridized carbons (Fsp3) is 0.133. The van der Waals surface area contributed by atoms with Crippen molar-refractivity contribution in [1.82, 2.24) is 8.96 Å². The maximum Gasteiger partial charge on any atom is 0.417 e. The van der Waals surface area contributed by atoms with Crippen molar-refractivity contribution in [2.24, 2.45) is 0 Å². The Labute approximate surface area is 235 Å². The van der Waals surface area contributed by atoms with Crippen molar-refractivity contribution in [2.45, 2.75) is 31.6 Å². The minimum absolute atomic E-state index is 0.0125. The number of carbonyl (C=O) groups is 1. The van der Waals surface area contributed by atoms with Crippen LogP contribution in [0.5, 0.6) is 17.2 Å². The number of hydrogen-bond acceptors (Lipinski definition) is 6. The van der Waals surface area contributed by atoms with Crippen molar-refractivity contribution < 1.29 is 31.5 Å². The molecule has 0 saturated heterocycles. The van der Waals surface area contributed by atoms with E-state index in [1.54, 1.807) is 42.5 Å². The minimum Gasteiger partial charge on any atom is -0.450 e. The van der Waals surface area contributed by atoms with E-state index >= 15 is 8.78 Å². The molecule has 0 radical (unpaired) electrons. The molecule has 0 bridgehead atoms. The summed E-state index contributed by atoms with van der Waals surface area (Å²) in [5, 5.41) is 2.58. The van der Waals surface area contributed by atoms with Gasteiger partial charge in [-0.05, 0) is 48.7 Å². The van der Waals surface area contributed by atoms with Gasteiger partial charge in [0.1, 0.15) is 11.5 Å². The molecule has 0 saturated carbocycles. The quantitative estimate of drug-likeness (QED) is 0.217. The molecule has 0 fully saturated rings. The normalized spacial score (nSPS) is 11.6. The van der Waals surface area contributed by atoms with Crippen LogP contribution in [-0.2, 0) is 10.0 Å². The summed E-state index contributed by atoms with van der Waals surface area (Å²) >= 11 is 0. The van der Waals surface area contributed by atoms with Crippen molar-refractivity contribution in [2.75, 3.05) is 5.32 Å². The number of nitrogens with one attached hydrogen (secondary N) is 1. The van der Waals surface area contributed by atoms with Gasteiger partial charge in [-0.2, -0.15) is 0 Å². The summed E-state index contributed by atoms with van der Waals surface area (Å²) in [6.07, 6.45) is 1.81. The summed E-state index contributed by atoms with van der Waals surface area (Å²) < 4.78 is 69.1. The number of hydrogen-bond donors (Lipinski definition) is 1. The lowest BCUT2D eigenvalue weighted by Crippen LogP contribution is -2.17. The summed E-state index contributed by atoms with van der Waals surface area (Å²) in [7, 11) is -4.04. The highest BCUT2D eigenvalue weighted by Crippen LogP contribution is 2.39. The molecule has 210 valence electrons. The van der Waals surface area contributed by atoms with E-state index in [1.807, 2.05) is 20.8 Å². The van der Waals surface area contributed by atoms with Gasteiger partial charge in [0, 0.05) is 24.5 Å². The van der Waals surface area contributed by atoms with Gasteiger partial charge in [-0.25, -0.2) is 30.9 Å². The number of aryl methyl sites for hydroxylation is 1. The summed E-state index contributed by atoms with van der Waals surface area (Å²) in [5.41, 5.74) is 1.32. The molecule has 3 aromatic carbocycles. The molecule has 1 amide bonds. The number of aromatic nitrogens is 2. The number of carbonyl (C=O) groups excluding carboxylic acids is 1. The van der Waals surface area contributed by atoms with Crippen molar-refractivity contribution in [3.8, 4) is 17.2 Å². The van der Waals surface area contributed by atoms with Crippen molar-refractivity contribution in [3.05, 3.63) is 108 Å². The first-order chi connectivity index (χ1) is 19.5. The molecule has 8 nitrogen and oxygen atoms in total. The van der Waals surface area contributed by atoms with Crippen LogP contribution in [0.1, 0.15) is 30.9 Å². The molecular weight excluding hydrogens is 552 g/mol. The van der Waals surface area contributed by atoms with Crippen molar-refractivity contribution >= 4 is 32.8 Å². The first kappa shape index (κ1) is 27.8. The summed E-state index contributed by atoms with van der Waals surface area (Å²) in [5.74, 6) is -2.84. The zero-order valence-electron chi connectivity index (χ0n) is 22.3. The number of anilines is 1. The third-order valence-corrected chi connectivity index (χ3v) is 7.92. The largest absolute Gasteiger partial charge is 0.450 e. The molecule has 0 aliphatic carbocycles. The van der Waals surface area contributed by atoms with Gasteiger partial charge in [0.25, 0.3) is 10.0 Å². The van der Waals surface area contributed by atoms with Gasteiger partial charge in [0.15, 0.2) is 23.0 Å². The summed E-state index contributed by atoms with van der Waals surface area (Å²) in [4.78, 5) is 16.5. The first-order valence-corrected chi connectivity index (χ1v) is 14.0. The summed E-state index contributed by atoms with van der Waals surface area (Å²) in [6.45, 7) is 5.55. The number of fused-ring (bicyclic) bond motifs is 1. The Morgan fingerprint density at radius 3 is 2.27 bits per heavy atom. The number of nitrogens with zero attached hydrogens (tertiary/aromatic N) is 2. The second-order valence-corrected chi connectivity index (χ2v) is 11.4. The van der Waals surface area contributed by atoms with E-state index in [4.69, 9.17) is 9.47 Å². The van der Waals surface area contributed by atoms with Gasteiger partial charge in [0.05, 0.1) is 16.0 Å². The van der Waals surface area contributed by atoms with Crippen LogP contribution in [0.3, 0.4) is 0 Å². The fourth-order valence-corrected chi connectivity index (χ4v) is 5.56. The topological polar surface area (TPSA) is 99.5 Å². The number of benzene rings is 3. The monoisotopic (exact) mass is 577 g/mol. The highest BCUT2D eigenvalue weighted by atomic mass is 32.2. The van der Waals surface area contributed by atoms with Crippen LogP contribution in [0.4, 0.5) is 19.3 Å². The van der Waals surface area contributed by atoms with Gasteiger partial charge in [-0.1, -0.05) is 49.7 Å². The Balaban J connectivity index is 1.50. The molecular formula is C30H25F2N3O5S. The molecule has 0 aliphatic heterocycles. The van der Waals surface area contributed by atoms with Gasteiger partial charge in [-0.15, -0.1) is 0 Å². The Morgan fingerprint density at radius 1 is 0.976 bits per heavy atom. The van der Waals surface area contributed by atoms with E-state index in [0.717, 1.165) is 21.7 Å². The van der Waals surface area contributed by atoms with Crippen molar-refractivity contribution in [1.29, 1.82) is 0 Å². The number of halogens is 2. The number of ether oxygens (including phenoxy) is 2. The number of amides is 1. The van der Waals surface area contributed by atoms with Crippen LogP contribution in [0.25, 0.3) is 11.0 Å². The van der Waals surface area contributed by atoms with Crippen LogP contribution in [-0.4, -0.2) is 23.5 Å². The predicted octanol–water partition coefficient (Wildman–Crippen LogP) is 7.39. The van der Waals surface area contributed by atoms with E-state index in [-0.39, 0.29) is 33.6 Å². The molecule has 1 N–H and O–H groups in total. The molecule has 5 aromatic rings. The smallest absolute Gasteiger partial charge is 0.417 e. The van der Waals surface area contributed by atoms with Crippen LogP contribution in [0.15, 0.2) is 90.1 Å². The van der Waals surface area contributed by atoms with Crippen LogP contribution in [0.2, 0.25) is 0 Å². The Hall–Kier alpha value is -4.77. The molecule has 2 aromatic heterocycles. The minimum atomic E-state index is -4.04. The lowest BCUT2D eigenvalue weighted by Gasteiger charge is -2.13. The van der Waals surface area contributed by atoms with Crippen LogP contribution < -0.4 is 14.8 Å². The van der Waals surface area contributed by atoms with E-state index in [9.17, 15) is 13.2 Å². The second-order valence-electron chi connectivity index (χ2n) is 9.56. The molecule has 0 unspecified atom stereocenters. The van der Waals surface area contributed by atoms with Gasteiger partial charge in [-0.3, -0.25) is 5.32 Å². The second kappa shape index (κ2) is 11.0. The lowest BCUT2D eigenvalue weighted by atomic mass is 10.0. The highest BCUT2D eigenvalue weighted by molar-refractivity contribution is 7.90. The Kier molecular flexibility index (Phi) is 7.46.